The highest BCUT2D eigenvalue weighted by Crippen LogP contribution is 2.47. The molecule has 2 heterocycles. The molecule has 0 spiro atoms. The van der Waals surface area contributed by atoms with E-state index in [-0.39, 0.29) is 0 Å². The van der Waals surface area contributed by atoms with Crippen LogP contribution >= 0.6 is 11.8 Å². The summed E-state index contributed by atoms with van der Waals surface area (Å²) in [5, 5.41) is 14.8. The summed E-state index contributed by atoms with van der Waals surface area (Å²) in [6.07, 6.45) is -2.70. The van der Waals surface area contributed by atoms with Gasteiger partial charge in [-0.2, -0.15) is 24.9 Å². The van der Waals surface area contributed by atoms with Crippen molar-refractivity contribution >= 4 is 28.4 Å². The standard InChI is InChI=1S/C23H23F3N2O2S/c1-14-9-10-16-18(27-14)7-4-8-19(16)28-21(22(29,13-31-2)23(24,25)26)17-6-3-5-15-11-12-30-20(15)17/h3-10,21,28-29H,11-13H2,1-2H3. The highest BCUT2D eigenvalue weighted by atomic mass is 32.2. The van der Waals surface area contributed by atoms with Crippen LogP contribution in [0.1, 0.15) is 22.9 Å². The Labute approximate surface area is 182 Å². The summed E-state index contributed by atoms with van der Waals surface area (Å²) in [6.45, 7) is 2.26. The van der Waals surface area contributed by atoms with Crippen molar-refractivity contribution in [3.8, 4) is 5.75 Å². The van der Waals surface area contributed by atoms with Crippen molar-refractivity contribution in [1.82, 2.24) is 4.98 Å². The van der Waals surface area contributed by atoms with E-state index >= 15 is 0 Å². The summed E-state index contributed by atoms with van der Waals surface area (Å²) in [6, 6.07) is 12.5. The highest BCUT2D eigenvalue weighted by Gasteiger charge is 2.59. The maximum Gasteiger partial charge on any atom is 0.420 e. The Balaban J connectivity index is 1.89. The van der Waals surface area contributed by atoms with Crippen LogP contribution in [0.2, 0.25) is 0 Å². The van der Waals surface area contributed by atoms with Gasteiger partial charge in [-0.05, 0) is 43.0 Å². The van der Waals surface area contributed by atoms with Gasteiger partial charge < -0.3 is 15.2 Å². The molecule has 31 heavy (non-hydrogen) atoms. The van der Waals surface area contributed by atoms with Crippen LogP contribution in [0.3, 0.4) is 0 Å². The van der Waals surface area contributed by atoms with Gasteiger partial charge in [0.15, 0.2) is 5.60 Å². The van der Waals surface area contributed by atoms with Gasteiger partial charge in [0.25, 0.3) is 0 Å². The summed E-state index contributed by atoms with van der Waals surface area (Å²) >= 11 is 0.945. The Bertz CT molecular complexity index is 1110. The third-order valence-corrected chi connectivity index (χ3v) is 6.29. The number of nitrogens with zero attached hydrogens (tertiary/aromatic N) is 1. The minimum absolute atomic E-state index is 0.293. The van der Waals surface area contributed by atoms with Crippen molar-refractivity contribution in [2.45, 2.75) is 31.2 Å². The molecule has 1 aliphatic rings. The maximum absolute atomic E-state index is 14.3. The largest absolute Gasteiger partial charge is 0.493 e. The number of aliphatic hydroxyl groups is 1. The normalized spacial score (nSPS) is 16.5. The predicted octanol–water partition coefficient (Wildman–Crippen LogP) is 5.29. The van der Waals surface area contributed by atoms with E-state index in [1.54, 1.807) is 30.5 Å². The Morgan fingerprint density at radius 1 is 1.16 bits per heavy atom. The fraction of sp³-hybridized carbons (Fsp3) is 0.348. The van der Waals surface area contributed by atoms with Crippen LogP contribution in [0.25, 0.3) is 10.9 Å². The zero-order chi connectivity index (χ0) is 22.2. The molecule has 0 bridgehead atoms. The van der Waals surface area contributed by atoms with Crippen molar-refractivity contribution in [3.63, 3.8) is 0 Å². The van der Waals surface area contributed by atoms with Gasteiger partial charge in [0.05, 0.1) is 18.2 Å². The van der Waals surface area contributed by atoms with Crippen LogP contribution in [0, 0.1) is 6.92 Å². The number of benzene rings is 2. The fourth-order valence-electron chi connectivity index (χ4n) is 4.01. The number of anilines is 1. The molecule has 0 saturated carbocycles. The van der Waals surface area contributed by atoms with Gasteiger partial charge in [-0.15, -0.1) is 0 Å². The molecule has 0 aliphatic carbocycles. The van der Waals surface area contributed by atoms with Gasteiger partial charge in [-0.25, -0.2) is 0 Å². The molecule has 1 aromatic heterocycles. The molecule has 164 valence electrons. The second-order valence-electron chi connectivity index (χ2n) is 7.69. The van der Waals surface area contributed by atoms with Crippen LogP contribution in [0.4, 0.5) is 18.9 Å². The molecule has 2 aromatic carbocycles. The third kappa shape index (κ3) is 3.94. The van der Waals surface area contributed by atoms with Crippen molar-refractivity contribution in [2.75, 3.05) is 23.9 Å². The van der Waals surface area contributed by atoms with E-state index < -0.39 is 23.6 Å². The van der Waals surface area contributed by atoms with E-state index in [1.807, 2.05) is 31.2 Å². The number of para-hydroxylation sites is 1. The second-order valence-corrected chi connectivity index (χ2v) is 8.56. The Kier molecular flexibility index (Phi) is 5.79. The molecule has 4 rings (SSSR count). The Hall–Kier alpha value is -2.45. The SMILES string of the molecule is CSCC(O)(C(Nc1cccc2nc(C)ccc12)c1cccc2c1OCC2)C(F)(F)F. The molecule has 2 N–H and O–H groups in total. The maximum atomic E-state index is 14.3. The average Bonchev–Trinajstić information content (AvgIpc) is 3.20. The van der Waals surface area contributed by atoms with Gasteiger partial charge in [0.1, 0.15) is 5.75 Å². The lowest BCUT2D eigenvalue weighted by Crippen LogP contribution is -2.54. The number of aryl methyl sites for hydroxylation is 1. The molecular formula is C23H23F3N2O2S. The van der Waals surface area contributed by atoms with Gasteiger partial charge in [-0.3, -0.25) is 4.98 Å². The lowest BCUT2D eigenvalue weighted by Gasteiger charge is -2.39. The fourth-order valence-corrected chi connectivity index (χ4v) is 4.78. The number of hydrogen-bond acceptors (Lipinski definition) is 5. The minimum Gasteiger partial charge on any atom is -0.493 e. The third-order valence-electron chi connectivity index (χ3n) is 5.56. The number of alkyl halides is 3. The number of fused-ring (bicyclic) bond motifs is 2. The summed E-state index contributed by atoms with van der Waals surface area (Å²) in [7, 11) is 0. The van der Waals surface area contributed by atoms with Gasteiger partial charge in [0, 0.05) is 34.5 Å². The Morgan fingerprint density at radius 3 is 2.68 bits per heavy atom. The van der Waals surface area contributed by atoms with Crippen molar-refractivity contribution < 1.29 is 23.0 Å². The first-order chi connectivity index (χ1) is 14.7. The molecule has 8 heteroatoms. The van der Waals surface area contributed by atoms with E-state index in [0.717, 1.165) is 23.0 Å². The lowest BCUT2D eigenvalue weighted by atomic mass is 9.87. The number of ether oxygens (including phenoxy) is 1. The number of rotatable bonds is 6. The molecule has 0 radical (unpaired) electrons. The summed E-state index contributed by atoms with van der Waals surface area (Å²) < 4.78 is 48.6. The molecule has 3 aromatic rings. The summed E-state index contributed by atoms with van der Waals surface area (Å²) in [5.41, 5.74) is 0.0558. The molecule has 2 atom stereocenters. The predicted molar refractivity (Wildman–Crippen MR) is 118 cm³/mol. The number of hydrogen-bond donors (Lipinski definition) is 2. The molecule has 0 fully saturated rings. The number of nitrogens with one attached hydrogen (secondary N) is 1. The van der Waals surface area contributed by atoms with Crippen molar-refractivity contribution in [3.05, 3.63) is 65.4 Å². The number of aromatic nitrogens is 1. The summed E-state index contributed by atoms with van der Waals surface area (Å²) in [4.78, 5) is 4.47. The Morgan fingerprint density at radius 2 is 1.94 bits per heavy atom. The zero-order valence-corrected chi connectivity index (χ0v) is 18.0. The van der Waals surface area contributed by atoms with Gasteiger partial charge in [-0.1, -0.05) is 24.3 Å². The lowest BCUT2D eigenvalue weighted by molar-refractivity contribution is -0.256. The molecule has 0 saturated heterocycles. The van der Waals surface area contributed by atoms with Gasteiger partial charge >= 0.3 is 6.18 Å². The van der Waals surface area contributed by atoms with E-state index in [4.69, 9.17) is 4.74 Å². The van der Waals surface area contributed by atoms with Crippen LogP contribution in [0.15, 0.2) is 48.5 Å². The van der Waals surface area contributed by atoms with E-state index in [0.29, 0.717) is 40.9 Å². The molecule has 1 aliphatic heterocycles. The first kappa shape index (κ1) is 21.8. The van der Waals surface area contributed by atoms with Crippen LogP contribution in [-0.2, 0) is 6.42 Å². The van der Waals surface area contributed by atoms with Gasteiger partial charge in [0.2, 0.25) is 0 Å². The van der Waals surface area contributed by atoms with E-state index in [9.17, 15) is 18.3 Å². The molecular weight excluding hydrogens is 425 g/mol. The topological polar surface area (TPSA) is 54.4 Å². The smallest absolute Gasteiger partial charge is 0.420 e. The average molecular weight is 449 g/mol. The van der Waals surface area contributed by atoms with Crippen molar-refractivity contribution in [1.29, 1.82) is 0 Å². The van der Waals surface area contributed by atoms with Crippen LogP contribution < -0.4 is 10.1 Å². The first-order valence-corrected chi connectivity index (χ1v) is 11.3. The number of pyridine rings is 1. The monoisotopic (exact) mass is 448 g/mol. The number of halogens is 3. The molecule has 0 amide bonds. The quantitative estimate of drug-likeness (QED) is 0.537. The first-order valence-electron chi connectivity index (χ1n) is 9.90. The highest BCUT2D eigenvalue weighted by molar-refractivity contribution is 7.98. The second kappa shape index (κ2) is 8.24. The zero-order valence-electron chi connectivity index (χ0n) is 17.2. The summed E-state index contributed by atoms with van der Waals surface area (Å²) in [5.74, 6) is -0.113. The van der Waals surface area contributed by atoms with E-state index in [2.05, 4.69) is 10.3 Å². The van der Waals surface area contributed by atoms with Crippen molar-refractivity contribution in [2.24, 2.45) is 0 Å². The number of thioether (sulfide) groups is 1. The van der Waals surface area contributed by atoms with Crippen LogP contribution in [0.5, 0.6) is 5.75 Å². The molecule has 2 unspecified atom stereocenters. The minimum atomic E-state index is -4.87. The van der Waals surface area contributed by atoms with Crippen LogP contribution in [-0.4, -0.2) is 40.5 Å². The molecule has 4 nitrogen and oxygen atoms in total. The van der Waals surface area contributed by atoms with E-state index in [1.165, 1.54) is 0 Å².